The van der Waals surface area contributed by atoms with Gasteiger partial charge in [-0.1, -0.05) is 31.9 Å². The summed E-state index contributed by atoms with van der Waals surface area (Å²) in [6.45, 7) is 11.6. The van der Waals surface area contributed by atoms with E-state index in [1.807, 2.05) is 0 Å². The summed E-state index contributed by atoms with van der Waals surface area (Å²) >= 11 is 0. The van der Waals surface area contributed by atoms with Gasteiger partial charge in [0, 0.05) is 0 Å². The number of allylic oxidation sites excluding steroid dienone is 2. The monoisotopic (exact) mass is 152 g/mol. The summed E-state index contributed by atoms with van der Waals surface area (Å²) in [7, 11) is 0. The molecule has 0 heterocycles. The fourth-order valence-corrected chi connectivity index (χ4v) is 2.38. The number of hydrogen-bond acceptors (Lipinski definition) is 0. The van der Waals surface area contributed by atoms with E-state index in [-0.39, 0.29) is 0 Å². The van der Waals surface area contributed by atoms with Crippen LogP contribution in [0.5, 0.6) is 0 Å². The van der Waals surface area contributed by atoms with Crippen LogP contribution in [0, 0.1) is 11.3 Å². The SMILES string of the molecule is CC(C)=C1CC(C)(C)CC1C. The van der Waals surface area contributed by atoms with E-state index in [0.717, 1.165) is 5.92 Å². The molecule has 0 spiro atoms. The van der Waals surface area contributed by atoms with Crippen molar-refractivity contribution >= 4 is 0 Å². The van der Waals surface area contributed by atoms with Crippen LogP contribution in [0.1, 0.15) is 47.5 Å². The van der Waals surface area contributed by atoms with Crippen LogP contribution < -0.4 is 0 Å². The molecule has 0 heteroatoms. The van der Waals surface area contributed by atoms with E-state index in [1.54, 1.807) is 11.1 Å². The third-order valence-corrected chi connectivity index (χ3v) is 2.76. The second-order valence-electron chi connectivity index (χ2n) is 4.97. The van der Waals surface area contributed by atoms with Crippen molar-refractivity contribution in [3.8, 4) is 0 Å². The highest BCUT2D eigenvalue weighted by molar-refractivity contribution is 5.19. The smallest absolute Gasteiger partial charge is 0.0224 e. The molecule has 0 nitrogen and oxygen atoms in total. The molecular formula is C11H20. The molecule has 0 amide bonds. The summed E-state index contributed by atoms with van der Waals surface area (Å²) in [5.74, 6) is 0.829. The lowest BCUT2D eigenvalue weighted by Crippen LogP contribution is -2.03. The summed E-state index contributed by atoms with van der Waals surface area (Å²) in [6, 6.07) is 0. The molecule has 64 valence electrons. The fourth-order valence-electron chi connectivity index (χ4n) is 2.38. The normalized spacial score (nSPS) is 29.2. The first kappa shape index (κ1) is 8.83. The van der Waals surface area contributed by atoms with Gasteiger partial charge in [-0.25, -0.2) is 0 Å². The number of hydrogen-bond donors (Lipinski definition) is 0. The summed E-state index contributed by atoms with van der Waals surface area (Å²) in [5, 5.41) is 0. The molecule has 0 N–H and O–H groups in total. The molecule has 1 fully saturated rings. The van der Waals surface area contributed by atoms with Crippen LogP contribution >= 0.6 is 0 Å². The lowest BCUT2D eigenvalue weighted by Gasteiger charge is -2.14. The average molecular weight is 152 g/mol. The van der Waals surface area contributed by atoms with Gasteiger partial charge in [0.25, 0.3) is 0 Å². The predicted molar refractivity (Wildman–Crippen MR) is 50.6 cm³/mol. The van der Waals surface area contributed by atoms with Crippen molar-refractivity contribution in [1.82, 2.24) is 0 Å². The van der Waals surface area contributed by atoms with Gasteiger partial charge < -0.3 is 0 Å². The van der Waals surface area contributed by atoms with Gasteiger partial charge in [-0.3, -0.25) is 0 Å². The van der Waals surface area contributed by atoms with Crippen molar-refractivity contribution in [3.05, 3.63) is 11.1 Å². The van der Waals surface area contributed by atoms with Gasteiger partial charge in [0.1, 0.15) is 0 Å². The maximum Gasteiger partial charge on any atom is -0.0224 e. The molecule has 11 heavy (non-hydrogen) atoms. The molecule has 0 bridgehead atoms. The summed E-state index contributed by atoms with van der Waals surface area (Å²) < 4.78 is 0. The van der Waals surface area contributed by atoms with E-state index < -0.39 is 0 Å². The standard InChI is InChI=1S/C11H20/c1-8(2)10-7-11(4,5)6-9(10)3/h9H,6-7H2,1-5H3. The van der Waals surface area contributed by atoms with E-state index in [2.05, 4.69) is 34.6 Å². The molecule has 0 aliphatic heterocycles. The molecule has 1 unspecified atom stereocenters. The minimum Gasteiger partial charge on any atom is -0.0769 e. The minimum absolute atomic E-state index is 0.562. The predicted octanol–water partition coefficient (Wildman–Crippen LogP) is 3.78. The van der Waals surface area contributed by atoms with Gasteiger partial charge in [-0.2, -0.15) is 0 Å². The molecule has 1 aliphatic rings. The van der Waals surface area contributed by atoms with Crippen LogP contribution in [0.15, 0.2) is 11.1 Å². The highest BCUT2D eigenvalue weighted by Crippen LogP contribution is 2.45. The third kappa shape index (κ3) is 1.85. The number of rotatable bonds is 0. The summed E-state index contributed by atoms with van der Waals surface area (Å²) in [4.78, 5) is 0. The Kier molecular flexibility index (Phi) is 2.13. The Labute approximate surface area is 70.7 Å². The van der Waals surface area contributed by atoms with Gasteiger partial charge >= 0.3 is 0 Å². The Morgan fingerprint density at radius 2 is 1.91 bits per heavy atom. The molecule has 0 radical (unpaired) electrons. The highest BCUT2D eigenvalue weighted by Gasteiger charge is 2.32. The van der Waals surface area contributed by atoms with Crippen molar-refractivity contribution in [2.24, 2.45) is 11.3 Å². The highest BCUT2D eigenvalue weighted by atomic mass is 14.4. The van der Waals surface area contributed by atoms with Gasteiger partial charge in [0.15, 0.2) is 0 Å². The third-order valence-electron chi connectivity index (χ3n) is 2.76. The first-order valence-corrected chi connectivity index (χ1v) is 4.58. The maximum absolute atomic E-state index is 2.37. The summed E-state index contributed by atoms with van der Waals surface area (Å²) in [6.07, 6.45) is 2.68. The second-order valence-corrected chi connectivity index (χ2v) is 4.97. The van der Waals surface area contributed by atoms with Crippen molar-refractivity contribution in [2.45, 2.75) is 47.5 Å². The Balaban J connectivity index is 2.83. The van der Waals surface area contributed by atoms with Crippen molar-refractivity contribution in [3.63, 3.8) is 0 Å². The molecule has 1 aliphatic carbocycles. The topological polar surface area (TPSA) is 0 Å². The van der Waals surface area contributed by atoms with Crippen LogP contribution in [-0.2, 0) is 0 Å². The quantitative estimate of drug-likeness (QED) is 0.463. The Bertz CT molecular complexity index is 180. The van der Waals surface area contributed by atoms with Crippen LogP contribution in [0.4, 0.5) is 0 Å². The van der Waals surface area contributed by atoms with Gasteiger partial charge in [0.2, 0.25) is 0 Å². The largest absolute Gasteiger partial charge is 0.0769 e. The molecule has 1 atom stereocenters. The van der Waals surface area contributed by atoms with Gasteiger partial charge in [0.05, 0.1) is 0 Å². The van der Waals surface area contributed by atoms with E-state index in [1.165, 1.54) is 12.8 Å². The second kappa shape index (κ2) is 2.66. The molecule has 1 rings (SSSR count). The summed E-state index contributed by atoms with van der Waals surface area (Å²) in [5.41, 5.74) is 3.81. The van der Waals surface area contributed by atoms with Gasteiger partial charge in [-0.05, 0) is 38.0 Å². The Morgan fingerprint density at radius 3 is 2.09 bits per heavy atom. The average Bonchev–Trinajstić information content (AvgIpc) is 2.05. The Morgan fingerprint density at radius 1 is 1.36 bits per heavy atom. The lowest BCUT2D eigenvalue weighted by atomic mass is 9.91. The first-order chi connectivity index (χ1) is 4.92. The molecule has 0 aromatic heterocycles. The van der Waals surface area contributed by atoms with Gasteiger partial charge in [-0.15, -0.1) is 0 Å². The van der Waals surface area contributed by atoms with E-state index in [9.17, 15) is 0 Å². The van der Waals surface area contributed by atoms with Crippen LogP contribution in [-0.4, -0.2) is 0 Å². The molecule has 0 aromatic rings. The lowest BCUT2D eigenvalue weighted by molar-refractivity contribution is 0.367. The van der Waals surface area contributed by atoms with Crippen molar-refractivity contribution in [1.29, 1.82) is 0 Å². The Hall–Kier alpha value is -0.260. The van der Waals surface area contributed by atoms with E-state index in [4.69, 9.17) is 0 Å². The van der Waals surface area contributed by atoms with Crippen LogP contribution in [0.3, 0.4) is 0 Å². The molecule has 0 saturated heterocycles. The zero-order chi connectivity index (χ0) is 8.65. The minimum atomic E-state index is 0.562. The van der Waals surface area contributed by atoms with Crippen molar-refractivity contribution in [2.75, 3.05) is 0 Å². The maximum atomic E-state index is 2.37. The zero-order valence-corrected chi connectivity index (χ0v) is 8.49. The van der Waals surface area contributed by atoms with E-state index in [0.29, 0.717) is 5.41 Å². The van der Waals surface area contributed by atoms with Crippen LogP contribution in [0.2, 0.25) is 0 Å². The first-order valence-electron chi connectivity index (χ1n) is 4.58. The molecule has 1 saturated carbocycles. The molecule has 0 aromatic carbocycles. The zero-order valence-electron chi connectivity index (χ0n) is 8.49. The van der Waals surface area contributed by atoms with Crippen molar-refractivity contribution < 1.29 is 0 Å². The van der Waals surface area contributed by atoms with Crippen LogP contribution in [0.25, 0.3) is 0 Å². The fraction of sp³-hybridized carbons (Fsp3) is 0.818. The van der Waals surface area contributed by atoms with E-state index >= 15 is 0 Å². The molecular weight excluding hydrogens is 132 g/mol.